The number of anilines is 1. The zero-order valence-corrected chi connectivity index (χ0v) is 11.6. The van der Waals surface area contributed by atoms with Crippen LogP contribution in [0.2, 0.25) is 0 Å². The van der Waals surface area contributed by atoms with E-state index in [1.165, 1.54) is 12.1 Å². The molecular formula is C12H15BrN2O3. The van der Waals surface area contributed by atoms with E-state index in [1.807, 2.05) is 6.92 Å². The largest absolute Gasteiger partial charge is 0.478 e. The van der Waals surface area contributed by atoms with Crippen LogP contribution in [-0.2, 0) is 4.79 Å². The number of amides is 1. The Kier molecular flexibility index (Phi) is 5.80. The van der Waals surface area contributed by atoms with Crippen molar-refractivity contribution in [2.24, 2.45) is 0 Å². The third-order valence-corrected chi connectivity index (χ3v) is 2.67. The third kappa shape index (κ3) is 4.85. The average Bonchev–Trinajstić information content (AvgIpc) is 2.28. The molecule has 0 aliphatic heterocycles. The Bertz CT molecular complexity index is 449. The number of halogens is 1. The molecule has 3 N–H and O–H groups in total. The van der Waals surface area contributed by atoms with Gasteiger partial charge in [0.25, 0.3) is 0 Å². The second-order valence-electron chi connectivity index (χ2n) is 3.69. The molecule has 18 heavy (non-hydrogen) atoms. The SMILES string of the molecule is CCNCCC(=O)Nc1cc(Br)cc(C(=O)O)c1. The number of hydrogen-bond donors (Lipinski definition) is 3. The number of carboxylic acid groups (broad SMARTS) is 1. The number of aromatic carboxylic acids is 1. The lowest BCUT2D eigenvalue weighted by Gasteiger charge is -2.07. The second kappa shape index (κ2) is 7.13. The zero-order valence-electron chi connectivity index (χ0n) is 10.00. The third-order valence-electron chi connectivity index (χ3n) is 2.21. The predicted octanol–water partition coefficient (Wildman–Crippen LogP) is 2.09. The van der Waals surface area contributed by atoms with Gasteiger partial charge in [0.2, 0.25) is 5.91 Å². The Hall–Kier alpha value is -1.40. The lowest BCUT2D eigenvalue weighted by molar-refractivity contribution is -0.116. The van der Waals surface area contributed by atoms with Crippen molar-refractivity contribution in [3.8, 4) is 0 Å². The lowest BCUT2D eigenvalue weighted by Crippen LogP contribution is -2.21. The van der Waals surface area contributed by atoms with Crippen LogP contribution >= 0.6 is 15.9 Å². The molecular weight excluding hydrogens is 300 g/mol. The van der Waals surface area contributed by atoms with Crippen molar-refractivity contribution >= 4 is 33.5 Å². The van der Waals surface area contributed by atoms with Gasteiger partial charge in [0.1, 0.15) is 0 Å². The van der Waals surface area contributed by atoms with Crippen molar-refractivity contribution in [1.29, 1.82) is 0 Å². The minimum Gasteiger partial charge on any atom is -0.478 e. The van der Waals surface area contributed by atoms with Crippen LogP contribution in [0.4, 0.5) is 5.69 Å². The molecule has 0 saturated heterocycles. The van der Waals surface area contributed by atoms with E-state index in [2.05, 4.69) is 26.6 Å². The summed E-state index contributed by atoms with van der Waals surface area (Å²) in [6.45, 7) is 3.38. The molecule has 1 aromatic rings. The summed E-state index contributed by atoms with van der Waals surface area (Å²) in [6.07, 6.45) is 0.350. The molecule has 0 spiro atoms. The molecule has 0 aliphatic rings. The fraction of sp³-hybridized carbons (Fsp3) is 0.333. The van der Waals surface area contributed by atoms with Crippen molar-refractivity contribution < 1.29 is 14.7 Å². The summed E-state index contributed by atoms with van der Waals surface area (Å²) in [6, 6.07) is 4.58. The summed E-state index contributed by atoms with van der Waals surface area (Å²) in [5.41, 5.74) is 0.606. The summed E-state index contributed by atoms with van der Waals surface area (Å²) in [4.78, 5) is 22.4. The van der Waals surface area contributed by atoms with E-state index in [9.17, 15) is 9.59 Å². The summed E-state index contributed by atoms with van der Waals surface area (Å²) < 4.78 is 0.615. The van der Waals surface area contributed by atoms with E-state index in [4.69, 9.17) is 5.11 Å². The number of benzene rings is 1. The normalized spacial score (nSPS) is 10.1. The first-order chi connectivity index (χ1) is 8.52. The molecule has 5 nitrogen and oxygen atoms in total. The monoisotopic (exact) mass is 314 g/mol. The topological polar surface area (TPSA) is 78.4 Å². The Morgan fingerprint density at radius 3 is 2.67 bits per heavy atom. The van der Waals surface area contributed by atoms with Gasteiger partial charge < -0.3 is 15.7 Å². The number of carbonyl (C=O) groups is 2. The molecule has 1 amide bonds. The Morgan fingerprint density at radius 2 is 2.06 bits per heavy atom. The number of carbonyl (C=O) groups excluding carboxylic acids is 1. The molecule has 0 aliphatic carbocycles. The van der Waals surface area contributed by atoms with Crippen LogP contribution in [0.1, 0.15) is 23.7 Å². The molecule has 0 aromatic heterocycles. The maximum Gasteiger partial charge on any atom is 0.335 e. The van der Waals surface area contributed by atoms with Crippen molar-refractivity contribution in [3.05, 3.63) is 28.2 Å². The van der Waals surface area contributed by atoms with Gasteiger partial charge in [0.15, 0.2) is 0 Å². The van der Waals surface area contributed by atoms with Crippen molar-refractivity contribution in [2.75, 3.05) is 18.4 Å². The van der Waals surface area contributed by atoms with Gasteiger partial charge in [0, 0.05) is 23.1 Å². The molecule has 0 atom stereocenters. The molecule has 0 heterocycles. The van der Waals surface area contributed by atoms with E-state index >= 15 is 0 Å². The summed E-state index contributed by atoms with van der Waals surface area (Å²) in [7, 11) is 0. The van der Waals surface area contributed by atoms with Crippen LogP contribution in [0.5, 0.6) is 0 Å². The van der Waals surface area contributed by atoms with Gasteiger partial charge in [-0.3, -0.25) is 4.79 Å². The van der Waals surface area contributed by atoms with Crippen LogP contribution in [0.3, 0.4) is 0 Å². The first-order valence-electron chi connectivity index (χ1n) is 5.57. The summed E-state index contributed by atoms with van der Waals surface area (Å²) in [5.74, 6) is -1.18. The van der Waals surface area contributed by atoms with Gasteiger partial charge in [-0.05, 0) is 24.7 Å². The molecule has 6 heteroatoms. The Balaban J connectivity index is 2.66. The van der Waals surface area contributed by atoms with E-state index in [0.29, 0.717) is 23.1 Å². The molecule has 0 fully saturated rings. The van der Waals surface area contributed by atoms with Crippen molar-refractivity contribution in [1.82, 2.24) is 5.32 Å². The number of nitrogens with one attached hydrogen (secondary N) is 2. The van der Waals surface area contributed by atoms with Crippen molar-refractivity contribution in [2.45, 2.75) is 13.3 Å². The standard InChI is InChI=1S/C12H15BrN2O3/c1-2-14-4-3-11(16)15-10-6-8(12(17)18)5-9(13)7-10/h5-7,14H,2-4H2,1H3,(H,15,16)(H,17,18). The van der Waals surface area contributed by atoms with Crippen molar-refractivity contribution in [3.63, 3.8) is 0 Å². The molecule has 1 aromatic carbocycles. The fourth-order valence-electron chi connectivity index (χ4n) is 1.39. The van der Waals surface area contributed by atoms with Gasteiger partial charge in [-0.25, -0.2) is 4.79 Å². The average molecular weight is 315 g/mol. The molecule has 98 valence electrons. The van der Waals surface area contributed by atoms with E-state index in [0.717, 1.165) is 6.54 Å². The Morgan fingerprint density at radius 1 is 1.33 bits per heavy atom. The van der Waals surface area contributed by atoms with Crippen LogP contribution in [0.25, 0.3) is 0 Å². The molecule has 0 unspecified atom stereocenters. The maximum atomic E-state index is 11.6. The summed E-state index contributed by atoms with van der Waals surface area (Å²) >= 11 is 3.21. The van der Waals surface area contributed by atoms with E-state index < -0.39 is 5.97 Å². The van der Waals surface area contributed by atoms with Crippen LogP contribution < -0.4 is 10.6 Å². The lowest BCUT2D eigenvalue weighted by atomic mass is 10.2. The van der Waals surface area contributed by atoms with Gasteiger partial charge in [-0.15, -0.1) is 0 Å². The second-order valence-corrected chi connectivity index (χ2v) is 4.60. The highest BCUT2D eigenvalue weighted by Crippen LogP contribution is 2.19. The highest BCUT2D eigenvalue weighted by atomic mass is 79.9. The van der Waals surface area contributed by atoms with Gasteiger partial charge in [-0.2, -0.15) is 0 Å². The first kappa shape index (κ1) is 14.7. The first-order valence-corrected chi connectivity index (χ1v) is 6.36. The van der Waals surface area contributed by atoms with Gasteiger partial charge in [0.05, 0.1) is 5.56 Å². The minimum absolute atomic E-state index is 0.131. The minimum atomic E-state index is -1.03. The van der Waals surface area contributed by atoms with Gasteiger partial charge in [-0.1, -0.05) is 22.9 Å². The molecule has 0 saturated carbocycles. The Labute approximate surface area is 114 Å². The molecule has 0 radical (unpaired) electrons. The summed E-state index contributed by atoms with van der Waals surface area (Å²) in [5, 5.41) is 14.6. The quantitative estimate of drug-likeness (QED) is 0.702. The molecule has 1 rings (SSSR count). The maximum absolute atomic E-state index is 11.6. The van der Waals surface area contributed by atoms with Gasteiger partial charge >= 0.3 is 5.97 Å². The highest BCUT2D eigenvalue weighted by Gasteiger charge is 2.08. The fourth-order valence-corrected chi connectivity index (χ4v) is 1.88. The van der Waals surface area contributed by atoms with Crippen LogP contribution in [0.15, 0.2) is 22.7 Å². The number of hydrogen-bond acceptors (Lipinski definition) is 3. The van der Waals surface area contributed by atoms with E-state index in [1.54, 1.807) is 6.07 Å². The van der Waals surface area contributed by atoms with Crippen LogP contribution in [0, 0.1) is 0 Å². The predicted molar refractivity (Wildman–Crippen MR) is 72.9 cm³/mol. The number of rotatable bonds is 6. The smallest absolute Gasteiger partial charge is 0.335 e. The highest BCUT2D eigenvalue weighted by molar-refractivity contribution is 9.10. The van der Waals surface area contributed by atoms with Crippen LogP contribution in [-0.4, -0.2) is 30.1 Å². The number of carboxylic acids is 1. The zero-order chi connectivity index (χ0) is 13.5. The molecule has 0 bridgehead atoms. The van der Waals surface area contributed by atoms with E-state index in [-0.39, 0.29) is 11.5 Å².